The van der Waals surface area contributed by atoms with E-state index >= 15 is 0 Å². The van der Waals surface area contributed by atoms with E-state index in [1.807, 2.05) is 18.2 Å². The van der Waals surface area contributed by atoms with Crippen LogP contribution in [0.3, 0.4) is 0 Å². The van der Waals surface area contributed by atoms with E-state index in [9.17, 15) is 9.59 Å². The Kier molecular flexibility index (Phi) is 7.62. The van der Waals surface area contributed by atoms with E-state index in [0.717, 1.165) is 0 Å². The van der Waals surface area contributed by atoms with Crippen LogP contribution in [0.4, 0.5) is 11.4 Å². The molecule has 0 saturated heterocycles. The van der Waals surface area contributed by atoms with E-state index in [1.54, 1.807) is 48.5 Å². The summed E-state index contributed by atoms with van der Waals surface area (Å²) in [6.45, 7) is 0. The summed E-state index contributed by atoms with van der Waals surface area (Å²) in [5.41, 5.74) is 4.12. The first-order chi connectivity index (χ1) is 13.6. The van der Waals surface area contributed by atoms with E-state index in [1.165, 1.54) is 12.1 Å². The summed E-state index contributed by atoms with van der Waals surface area (Å²) in [5, 5.41) is 11.7. The first kappa shape index (κ1) is 20.5. The minimum absolute atomic E-state index is 0.0987. The Morgan fingerprint density at radius 1 is 0.857 bits per heavy atom. The van der Waals surface area contributed by atoms with Crippen molar-refractivity contribution in [2.75, 3.05) is 10.8 Å². The molecule has 0 aromatic heterocycles. The molecule has 0 aliphatic heterocycles. The van der Waals surface area contributed by atoms with Crippen LogP contribution in [0.1, 0.15) is 20.7 Å². The Labute approximate surface area is 166 Å². The van der Waals surface area contributed by atoms with Gasteiger partial charge in [-0.3, -0.25) is 4.79 Å². The van der Waals surface area contributed by atoms with E-state index in [4.69, 9.17) is 14.2 Å². The highest BCUT2D eigenvalue weighted by molar-refractivity contribution is 7.44. The Morgan fingerprint density at radius 2 is 1.54 bits per heavy atom. The van der Waals surface area contributed by atoms with E-state index in [0.29, 0.717) is 22.7 Å². The number of para-hydroxylation sites is 2. The zero-order valence-electron chi connectivity index (χ0n) is 14.5. The third-order valence-corrected chi connectivity index (χ3v) is 3.56. The number of benzene rings is 3. The molecule has 0 atom stereocenters. The zero-order chi connectivity index (χ0) is 20.4. The van der Waals surface area contributed by atoms with Gasteiger partial charge < -0.3 is 15.3 Å². The maximum atomic E-state index is 12.6. The molecular weight excluding hydrogens is 380 g/mol. The second-order valence-corrected chi connectivity index (χ2v) is 5.40. The summed E-state index contributed by atoms with van der Waals surface area (Å²) in [7, 11) is 0. The van der Waals surface area contributed by atoms with E-state index in [2.05, 4.69) is 23.3 Å². The van der Waals surface area contributed by atoms with Crippen LogP contribution in [-0.2, 0) is 12.5 Å². The van der Waals surface area contributed by atoms with Crippen molar-refractivity contribution in [3.8, 4) is 5.75 Å². The summed E-state index contributed by atoms with van der Waals surface area (Å²) in [4.78, 5) is 29.1. The van der Waals surface area contributed by atoms with Crippen molar-refractivity contribution < 1.29 is 23.7 Å². The predicted octanol–water partition coefficient (Wildman–Crippen LogP) is 3.71. The van der Waals surface area contributed by atoms with Gasteiger partial charge in [-0.15, -0.1) is 0 Å². The molecule has 3 aromatic rings. The van der Waals surface area contributed by atoms with Crippen LogP contribution in [0.2, 0.25) is 0 Å². The summed E-state index contributed by atoms with van der Waals surface area (Å²) in [6, 6.07) is 22.0. The highest BCUT2D eigenvalue weighted by Crippen LogP contribution is 2.19. The number of aromatic carboxylic acids is 1. The lowest BCUT2D eigenvalue weighted by molar-refractivity contribution is 0.0696. The van der Waals surface area contributed by atoms with Gasteiger partial charge in [-0.25, -0.2) is 10.3 Å². The number of carbonyl (C=O) groups excluding carboxylic acids is 1. The molecule has 0 saturated carbocycles. The van der Waals surface area contributed by atoms with Crippen LogP contribution in [0, 0.1) is 0 Å². The second-order valence-electron chi connectivity index (χ2n) is 5.40. The van der Waals surface area contributed by atoms with Crippen LogP contribution in [0.15, 0.2) is 78.9 Å². The summed E-state index contributed by atoms with van der Waals surface area (Å²) < 4.78 is 7.83. The van der Waals surface area contributed by atoms with Crippen LogP contribution in [-0.4, -0.2) is 21.2 Å². The van der Waals surface area contributed by atoms with Crippen molar-refractivity contribution in [2.45, 2.75) is 0 Å². The van der Waals surface area contributed by atoms with Gasteiger partial charge in [0.05, 0.1) is 16.8 Å². The number of nitrogens with one attached hydrogen (secondary N) is 2. The fourth-order valence-corrected chi connectivity index (χ4v) is 2.30. The quantitative estimate of drug-likeness (QED) is 0.546. The Bertz CT molecular complexity index is 950. The van der Waals surface area contributed by atoms with Crippen LogP contribution >= 0.6 is 0 Å². The van der Waals surface area contributed by atoms with Gasteiger partial charge in [-0.2, -0.15) is 4.21 Å². The minimum atomic E-state index is -1.06. The van der Waals surface area contributed by atoms with Crippen molar-refractivity contribution >= 4 is 35.8 Å². The highest BCUT2D eigenvalue weighted by Gasteiger charge is 2.13. The number of carbonyl (C=O) groups is 2. The Balaban J connectivity index is 0.00000136. The van der Waals surface area contributed by atoms with Crippen molar-refractivity contribution in [1.82, 2.24) is 0 Å². The molecular formula is C20H16N2O5S. The molecule has 7 nitrogen and oxygen atoms in total. The first-order valence-electron chi connectivity index (χ1n) is 8.02. The number of carboxylic acid groups (broad SMARTS) is 1. The molecule has 3 N–H and O–H groups in total. The number of anilines is 2. The molecule has 3 rings (SSSR count). The van der Waals surface area contributed by atoms with E-state index in [-0.39, 0.29) is 11.5 Å². The topological polar surface area (TPSA) is 105 Å². The summed E-state index contributed by atoms with van der Waals surface area (Å²) in [5.74, 6) is -0.830. The van der Waals surface area contributed by atoms with Gasteiger partial charge in [0.25, 0.3) is 5.91 Å². The number of amides is 1. The van der Waals surface area contributed by atoms with Crippen molar-refractivity contribution in [2.24, 2.45) is 0 Å². The molecule has 0 unspecified atom stereocenters. The summed E-state index contributed by atoms with van der Waals surface area (Å²) >= 11 is 2.83. The molecule has 1 amide bonds. The van der Waals surface area contributed by atoms with Crippen LogP contribution in [0.25, 0.3) is 0 Å². The molecule has 0 aliphatic rings. The minimum Gasteiger partial charge on any atom is -0.478 e. The number of carboxylic acids is 1. The maximum absolute atomic E-state index is 12.6. The fraction of sp³-hybridized carbons (Fsp3) is 0. The normalized spacial score (nSPS) is 9.43. The number of rotatable bonds is 6. The standard InChI is InChI=1S/C20H16N2O4.OS/c23-19(21-15-8-6-7-14(13-15)20(24)25)17-11-4-5-12-18(17)22-26-16-9-2-1-3-10-16;1-2/h1-13,22H,(H,21,23)(H,24,25);. The van der Waals surface area contributed by atoms with Crippen LogP contribution < -0.4 is 15.6 Å². The predicted molar refractivity (Wildman–Crippen MR) is 107 cm³/mol. The molecule has 142 valence electrons. The zero-order valence-corrected chi connectivity index (χ0v) is 15.3. The smallest absolute Gasteiger partial charge is 0.335 e. The van der Waals surface area contributed by atoms with Gasteiger partial charge in [-0.05, 0) is 42.5 Å². The van der Waals surface area contributed by atoms with Gasteiger partial charge in [0.2, 0.25) is 0 Å². The molecule has 0 spiro atoms. The Hall–Kier alpha value is -3.78. The lowest BCUT2D eigenvalue weighted by atomic mass is 10.1. The Morgan fingerprint density at radius 3 is 2.25 bits per heavy atom. The third kappa shape index (κ3) is 5.61. The molecule has 0 bridgehead atoms. The van der Waals surface area contributed by atoms with Crippen molar-refractivity contribution in [1.29, 1.82) is 0 Å². The van der Waals surface area contributed by atoms with Gasteiger partial charge in [0.15, 0.2) is 18.3 Å². The van der Waals surface area contributed by atoms with Gasteiger partial charge in [-0.1, -0.05) is 36.4 Å². The van der Waals surface area contributed by atoms with Crippen molar-refractivity contribution in [3.05, 3.63) is 90.0 Å². The first-order valence-corrected chi connectivity index (χ1v) is 8.35. The SMILES string of the molecule is O=C(O)c1cccc(NC(=O)c2ccccc2NOc2ccccc2)c1.O=S. The lowest BCUT2D eigenvalue weighted by Crippen LogP contribution is -2.16. The van der Waals surface area contributed by atoms with Gasteiger partial charge >= 0.3 is 5.97 Å². The largest absolute Gasteiger partial charge is 0.478 e. The average molecular weight is 396 g/mol. The fourth-order valence-electron chi connectivity index (χ4n) is 2.30. The maximum Gasteiger partial charge on any atom is 0.335 e. The van der Waals surface area contributed by atoms with E-state index < -0.39 is 5.97 Å². The molecule has 0 heterocycles. The second kappa shape index (κ2) is 10.4. The highest BCUT2D eigenvalue weighted by atomic mass is 32.1. The number of hydrogen-bond donors (Lipinski definition) is 3. The molecule has 3 aromatic carbocycles. The summed E-state index contributed by atoms with van der Waals surface area (Å²) in [6.07, 6.45) is 0. The number of hydrogen-bond acceptors (Lipinski definition) is 6. The lowest BCUT2D eigenvalue weighted by Gasteiger charge is -2.13. The monoisotopic (exact) mass is 396 g/mol. The third-order valence-electron chi connectivity index (χ3n) is 3.56. The average Bonchev–Trinajstić information content (AvgIpc) is 2.75. The van der Waals surface area contributed by atoms with Crippen molar-refractivity contribution in [3.63, 3.8) is 0 Å². The molecule has 28 heavy (non-hydrogen) atoms. The molecule has 8 heteroatoms. The molecule has 0 fully saturated rings. The van der Waals surface area contributed by atoms with Gasteiger partial charge in [0.1, 0.15) is 0 Å². The van der Waals surface area contributed by atoms with Gasteiger partial charge in [0, 0.05) is 5.69 Å². The molecule has 0 radical (unpaired) electrons. The molecule has 0 aliphatic carbocycles. The van der Waals surface area contributed by atoms with Crippen LogP contribution in [0.5, 0.6) is 5.75 Å².